The second-order valence-corrected chi connectivity index (χ2v) is 4.59. The molecule has 1 nitrogen and oxygen atoms in total. The Morgan fingerprint density at radius 1 is 1.23 bits per heavy atom. The Labute approximate surface area is 83.3 Å². The molecule has 0 aromatic carbocycles. The molecular formula is C12H25N. The van der Waals surface area contributed by atoms with Crippen LogP contribution < -0.4 is 5.32 Å². The zero-order valence-electron chi connectivity index (χ0n) is 9.47. The summed E-state index contributed by atoms with van der Waals surface area (Å²) >= 11 is 0. The van der Waals surface area contributed by atoms with Crippen LogP contribution in [0.3, 0.4) is 0 Å². The van der Waals surface area contributed by atoms with E-state index in [0.29, 0.717) is 0 Å². The zero-order chi connectivity index (χ0) is 9.68. The van der Waals surface area contributed by atoms with Crippen LogP contribution in [0.1, 0.15) is 52.9 Å². The molecule has 0 spiro atoms. The third-order valence-corrected chi connectivity index (χ3v) is 3.69. The summed E-state index contributed by atoms with van der Waals surface area (Å²) in [6, 6.07) is 0.858. The first-order chi connectivity index (χ1) is 6.27. The van der Waals surface area contributed by atoms with Gasteiger partial charge in [-0.2, -0.15) is 0 Å². The van der Waals surface area contributed by atoms with Crippen LogP contribution >= 0.6 is 0 Å². The van der Waals surface area contributed by atoms with E-state index in [1.807, 2.05) is 0 Å². The predicted octanol–water partition coefficient (Wildman–Crippen LogP) is 3.20. The Kier molecular flexibility index (Phi) is 4.79. The van der Waals surface area contributed by atoms with Gasteiger partial charge in [-0.15, -0.1) is 0 Å². The quantitative estimate of drug-likeness (QED) is 0.667. The molecular weight excluding hydrogens is 158 g/mol. The van der Waals surface area contributed by atoms with E-state index in [1.54, 1.807) is 0 Å². The van der Waals surface area contributed by atoms with Crippen molar-refractivity contribution >= 4 is 0 Å². The van der Waals surface area contributed by atoms with Gasteiger partial charge in [0.25, 0.3) is 0 Å². The third-order valence-electron chi connectivity index (χ3n) is 3.69. The van der Waals surface area contributed by atoms with Crippen molar-refractivity contribution in [2.75, 3.05) is 6.54 Å². The van der Waals surface area contributed by atoms with E-state index in [9.17, 15) is 0 Å². The minimum Gasteiger partial charge on any atom is -0.314 e. The van der Waals surface area contributed by atoms with Crippen molar-refractivity contribution in [3.8, 4) is 0 Å². The fraction of sp³-hybridized carbons (Fsp3) is 1.00. The average molecular weight is 183 g/mol. The molecule has 1 rings (SSSR count). The SMILES string of the molecule is CCC(CC)C(C)CNC1CCC1. The Balaban J connectivity index is 2.10. The van der Waals surface area contributed by atoms with Gasteiger partial charge >= 0.3 is 0 Å². The van der Waals surface area contributed by atoms with Crippen LogP contribution in [-0.2, 0) is 0 Å². The molecule has 0 amide bonds. The van der Waals surface area contributed by atoms with Crippen molar-refractivity contribution in [1.29, 1.82) is 0 Å². The minimum absolute atomic E-state index is 0.857. The Bertz CT molecular complexity index is 125. The highest BCUT2D eigenvalue weighted by atomic mass is 14.9. The molecule has 0 aromatic heterocycles. The normalized spacial score (nSPS) is 20.3. The Morgan fingerprint density at radius 3 is 2.23 bits per heavy atom. The third kappa shape index (κ3) is 3.30. The second-order valence-electron chi connectivity index (χ2n) is 4.59. The number of nitrogens with one attached hydrogen (secondary N) is 1. The van der Waals surface area contributed by atoms with Gasteiger partial charge < -0.3 is 5.32 Å². The smallest absolute Gasteiger partial charge is 0.00671 e. The van der Waals surface area contributed by atoms with Crippen molar-refractivity contribution in [3.63, 3.8) is 0 Å². The highest BCUT2D eigenvalue weighted by molar-refractivity contribution is 4.78. The molecule has 13 heavy (non-hydrogen) atoms. The summed E-state index contributed by atoms with van der Waals surface area (Å²) in [6.45, 7) is 8.25. The lowest BCUT2D eigenvalue weighted by Crippen LogP contribution is -2.39. The van der Waals surface area contributed by atoms with Crippen molar-refractivity contribution in [2.45, 2.75) is 58.9 Å². The monoisotopic (exact) mass is 183 g/mol. The molecule has 1 fully saturated rings. The molecule has 0 radical (unpaired) electrons. The van der Waals surface area contributed by atoms with Crippen molar-refractivity contribution in [1.82, 2.24) is 5.32 Å². The molecule has 1 aliphatic carbocycles. The largest absolute Gasteiger partial charge is 0.314 e. The lowest BCUT2D eigenvalue weighted by molar-refractivity contribution is 0.272. The molecule has 1 heteroatoms. The van der Waals surface area contributed by atoms with Crippen LogP contribution in [0.2, 0.25) is 0 Å². The van der Waals surface area contributed by atoms with Gasteiger partial charge in [0.05, 0.1) is 0 Å². The molecule has 0 heterocycles. The minimum atomic E-state index is 0.857. The summed E-state index contributed by atoms with van der Waals surface area (Å²) < 4.78 is 0. The summed E-state index contributed by atoms with van der Waals surface area (Å²) in [4.78, 5) is 0. The maximum Gasteiger partial charge on any atom is 0.00671 e. The van der Waals surface area contributed by atoms with E-state index in [2.05, 4.69) is 26.1 Å². The predicted molar refractivity (Wildman–Crippen MR) is 58.9 cm³/mol. The van der Waals surface area contributed by atoms with E-state index in [4.69, 9.17) is 0 Å². The summed E-state index contributed by atoms with van der Waals surface area (Å²) in [5, 5.41) is 3.67. The average Bonchev–Trinajstić information content (AvgIpc) is 2.04. The summed E-state index contributed by atoms with van der Waals surface area (Å²) in [5.41, 5.74) is 0. The Hall–Kier alpha value is -0.0400. The van der Waals surface area contributed by atoms with E-state index >= 15 is 0 Å². The molecule has 1 saturated carbocycles. The first kappa shape index (κ1) is 11.0. The standard InChI is InChI=1S/C12H25N/c1-4-11(5-2)10(3)9-13-12-7-6-8-12/h10-13H,4-9H2,1-3H3. The number of hydrogen-bond donors (Lipinski definition) is 1. The van der Waals surface area contributed by atoms with Crippen LogP contribution in [0.5, 0.6) is 0 Å². The topological polar surface area (TPSA) is 12.0 Å². The van der Waals surface area contributed by atoms with Crippen molar-refractivity contribution < 1.29 is 0 Å². The van der Waals surface area contributed by atoms with Crippen LogP contribution in [0.25, 0.3) is 0 Å². The maximum atomic E-state index is 3.67. The molecule has 0 aliphatic heterocycles. The van der Waals surface area contributed by atoms with Crippen molar-refractivity contribution in [3.05, 3.63) is 0 Å². The van der Waals surface area contributed by atoms with Gasteiger partial charge in [0, 0.05) is 6.04 Å². The van der Waals surface area contributed by atoms with Crippen LogP contribution in [-0.4, -0.2) is 12.6 Å². The van der Waals surface area contributed by atoms with Crippen LogP contribution in [0.15, 0.2) is 0 Å². The summed E-state index contributed by atoms with van der Waals surface area (Å²) in [7, 11) is 0. The second kappa shape index (κ2) is 5.64. The number of hydrogen-bond acceptors (Lipinski definition) is 1. The van der Waals surface area contributed by atoms with E-state index in [0.717, 1.165) is 17.9 Å². The molecule has 1 atom stereocenters. The fourth-order valence-corrected chi connectivity index (χ4v) is 2.23. The lowest BCUT2D eigenvalue weighted by Gasteiger charge is -2.30. The van der Waals surface area contributed by atoms with Gasteiger partial charge in [-0.3, -0.25) is 0 Å². The van der Waals surface area contributed by atoms with Gasteiger partial charge in [0.2, 0.25) is 0 Å². The lowest BCUT2D eigenvalue weighted by atomic mass is 9.87. The van der Waals surface area contributed by atoms with E-state index in [1.165, 1.54) is 38.6 Å². The fourth-order valence-electron chi connectivity index (χ4n) is 2.23. The highest BCUT2D eigenvalue weighted by Gasteiger charge is 2.19. The van der Waals surface area contributed by atoms with Crippen molar-refractivity contribution in [2.24, 2.45) is 11.8 Å². The molecule has 1 N–H and O–H groups in total. The Morgan fingerprint density at radius 2 is 1.85 bits per heavy atom. The maximum absolute atomic E-state index is 3.67. The van der Waals surface area contributed by atoms with E-state index in [-0.39, 0.29) is 0 Å². The van der Waals surface area contributed by atoms with Gasteiger partial charge in [-0.25, -0.2) is 0 Å². The first-order valence-corrected chi connectivity index (χ1v) is 6.01. The zero-order valence-corrected chi connectivity index (χ0v) is 9.47. The molecule has 0 bridgehead atoms. The molecule has 1 aliphatic rings. The number of rotatable bonds is 6. The first-order valence-electron chi connectivity index (χ1n) is 6.01. The van der Waals surface area contributed by atoms with Gasteiger partial charge in [-0.1, -0.05) is 40.0 Å². The molecule has 0 saturated heterocycles. The summed E-state index contributed by atoms with van der Waals surface area (Å²) in [5.74, 6) is 1.78. The molecule has 0 aromatic rings. The van der Waals surface area contributed by atoms with Crippen LogP contribution in [0, 0.1) is 11.8 Å². The molecule has 78 valence electrons. The molecule has 1 unspecified atom stereocenters. The van der Waals surface area contributed by atoms with Crippen LogP contribution in [0.4, 0.5) is 0 Å². The highest BCUT2D eigenvalue weighted by Crippen LogP contribution is 2.21. The van der Waals surface area contributed by atoms with Gasteiger partial charge in [0.15, 0.2) is 0 Å². The van der Waals surface area contributed by atoms with Gasteiger partial charge in [0.1, 0.15) is 0 Å². The summed E-state index contributed by atoms with van der Waals surface area (Å²) in [6.07, 6.45) is 6.94. The van der Waals surface area contributed by atoms with Gasteiger partial charge in [-0.05, 0) is 31.2 Å². The van der Waals surface area contributed by atoms with E-state index < -0.39 is 0 Å².